The molecule has 0 fully saturated rings. The first-order chi connectivity index (χ1) is 7.24. The van der Waals surface area contributed by atoms with Crippen molar-refractivity contribution in [1.82, 2.24) is 0 Å². The van der Waals surface area contributed by atoms with Crippen molar-refractivity contribution in [3.05, 3.63) is 34.9 Å². The molecule has 0 saturated heterocycles. The van der Waals surface area contributed by atoms with E-state index in [1.165, 1.54) is 0 Å². The lowest BCUT2D eigenvalue weighted by molar-refractivity contribution is 0.0822. The Kier molecular flexibility index (Phi) is 5.69. The van der Waals surface area contributed by atoms with Gasteiger partial charge in [-0.2, -0.15) is 0 Å². The Morgan fingerprint density at radius 3 is 2.53 bits per heavy atom. The van der Waals surface area contributed by atoms with Gasteiger partial charge in [-0.3, -0.25) is 0 Å². The third-order valence-corrected chi connectivity index (χ3v) is 2.39. The van der Waals surface area contributed by atoms with Gasteiger partial charge in [0.1, 0.15) is 0 Å². The summed E-state index contributed by atoms with van der Waals surface area (Å²) in [5.41, 5.74) is 0.888. The van der Waals surface area contributed by atoms with Crippen LogP contribution >= 0.6 is 11.6 Å². The van der Waals surface area contributed by atoms with Crippen LogP contribution in [0.1, 0.15) is 31.4 Å². The molecule has 1 aromatic rings. The van der Waals surface area contributed by atoms with E-state index in [1.807, 2.05) is 12.1 Å². The van der Waals surface area contributed by atoms with E-state index in [1.54, 1.807) is 12.1 Å². The Morgan fingerprint density at radius 2 is 1.93 bits per heavy atom. The molecular formula is C12H17ClO2. The van der Waals surface area contributed by atoms with E-state index >= 15 is 0 Å². The SMILES string of the molecule is CCCOCCC(O)c1ccc(Cl)cc1. The molecule has 0 saturated carbocycles. The molecule has 1 aromatic carbocycles. The summed E-state index contributed by atoms with van der Waals surface area (Å²) in [7, 11) is 0. The molecule has 0 aliphatic heterocycles. The molecule has 1 rings (SSSR count). The summed E-state index contributed by atoms with van der Waals surface area (Å²) in [6, 6.07) is 7.25. The molecule has 1 atom stereocenters. The van der Waals surface area contributed by atoms with E-state index in [9.17, 15) is 5.11 Å². The van der Waals surface area contributed by atoms with Crippen LogP contribution in [-0.2, 0) is 4.74 Å². The lowest BCUT2D eigenvalue weighted by atomic mass is 10.1. The largest absolute Gasteiger partial charge is 0.388 e. The van der Waals surface area contributed by atoms with Crippen molar-refractivity contribution in [1.29, 1.82) is 0 Å². The van der Waals surface area contributed by atoms with E-state index < -0.39 is 6.10 Å². The van der Waals surface area contributed by atoms with Crippen molar-refractivity contribution in [2.45, 2.75) is 25.9 Å². The van der Waals surface area contributed by atoms with Gasteiger partial charge in [-0.15, -0.1) is 0 Å². The van der Waals surface area contributed by atoms with Gasteiger partial charge in [-0.25, -0.2) is 0 Å². The van der Waals surface area contributed by atoms with Crippen LogP contribution in [0.25, 0.3) is 0 Å². The van der Waals surface area contributed by atoms with Crippen molar-refractivity contribution < 1.29 is 9.84 Å². The smallest absolute Gasteiger partial charge is 0.0812 e. The average molecular weight is 229 g/mol. The highest BCUT2D eigenvalue weighted by Crippen LogP contribution is 2.18. The molecule has 15 heavy (non-hydrogen) atoms. The molecule has 1 N–H and O–H groups in total. The van der Waals surface area contributed by atoms with Crippen LogP contribution in [0.5, 0.6) is 0 Å². The minimum atomic E-state index is -0.459. The summed E-state index contributed by atoms with van der Waals surface area (Å²) >= 11 is 5.76. The predicted octanol–water partition coefficient (Wildman–Crippen LogP) is 3.19. The summed E-state index contributed by atoms with van der Waals surface area (Å²) in [5.74, 6) is 0. The maximum atomic E-state index is 9.79. The quantitative estimate of drug-likeness (QED) is 0.758. The zero-order chi connectivity index (χ0) is 11.1. The van der Waals surface area contributed by atoms with Crippen molar-refractivity contribution in [2.75, 3.05) is 13.2 Å². The molecule has 0 amide bonds. The first-order valence-electron chi connectivity index (χ1n) is 5.25. The molecule has 3 heteroatoms. The van der Waals surface area contributed by atoms with E-state index in [0.29, 0.717) is 18.1 Å². The average Bonchev–Trinajstić information content (AvgIpc) is 2.25. The number of hydrogen-bond donors (Lipinski definition) is 1. The van der Waals surface area contributed by atoms with Crippen LogP contribution in [0.4, 0.5) is 0 Å². The predicted molar refractivity (Wildman–Crippen MR) is 62.1 cm³/mol. The van der Waals surface area contributed by atoms with Gasteiger partial charge in [0.25, 0.3) is 0 Å². The van der Waals surface area contributed by atoms with E-state index in [0.717, 1.165) is 18.6 Å². The summed E-state index contributed by atoms with van der Waals surface area (Å²) in [4.78, 5) is 0. The number of benzene rings is 1. The molecule has 84 valence electrons. The number of aliphatic hydroxyl groups is 1. The highest BCUT2D eigenvalue weighted by molar-refractivity contribution is 6.30. The van der Waals surface area contributed by atoms with Crippen LogP contribution in [0.15, 0.2) is 24.3 Å². The lowest BCUT2D eigenvalue weighted by Crippen LogP contribution is -2.03. The van der Waals surface area contributed by atoms with Gasteiger partial charge in [0.15, 0.2) is 0 Å². The van der Waals surface area contributed by atoms with Gasteiger partial charge in [0, 0.05) is 24.7 Å². The summed E-state index contributed by atoms with van der Waals surface area (Å²) in [6.07, 6.45) is 1.18. The Labute approximate surface area is 95.8 Å². The van der Waals surface area contributed by atoms with E-state index in [2.05, 4.69) is 6.92 Å². The van der Waals surface area contributed by atoms with E-state index in [4.69, 9.17) is 16.3 Å². The van der Waals surface area contributed by atoms with Gasteiger partial charge in [-0.1, -0.05) is 30.7 Å². The second-order valence-corrected chi connectivity index (χ2v) is 3.90. The van der Waals surface area contributed by atoms with Gasteiger partial charge in [0.2, 0.25) is 0 Å². The second-order valence-electron chi connectivity index (χ2n) is 3.47. The minimum Gasteiger partial charge on any atom is -0.388 e. The fourth-order valence-corrected chi connectivity index (χ4v) is 1.42. The highest BCUT2D eigenvalue weighted by atomic mass is 35.5. The number of rotatable bonds is 6. The maximum Gasteiger partial charge on any atom is 0.0812 e. The van der Waals surface area contributed by atoms with Crippen LogP contribution in [-0.4, -0.2) is 18.3 Å². The van der Waals surface area contributed by atoms with Crippen LogP contribution in [0, 0.1) is 0 Å². The molecule has 0 aliphatic carbocycles. The number of halogens is 1. The first kappa shape index (κ1) is 12.5. The summed E-state index contributed by atoms with van der Waals surface area (Å²) in [6.45, 7) is 3.42. The van der Waals surface area contributed by atoms with Gasteiger partial charge < -0.3 is 9.84 Å². The molecule has 0 spiro atoms. The molecule has 0 heterocycles. The fourth-order valence-electron chi connectivity index (χ4n) is 1.29. The van der Waals surface area contributed by atoms with Crippen molar-refractivity contribution >= 4 is 11.6 Å². The number of aliphatic hydroxyl groups excluding tert-OH is 1. The lowest BCUT2D eigenvalue weighted by Gasteiger charge is -2.10. The van der Waals surface area contributed by atoms with Crippen LogP contribution < -0.4 is 0 Å². The highest BCUT2D eigenvalue weighted by Gasteiger charge is 2.06. The monoisotopic (exact) mass is 228 g/mol. The van der Waals surface area contributed by atoms with Gasteiger partial charge >= 0.3 is 0 Å². The summed E-state index contributed by atoms with van der Waals surface area (Å²) < 4.78 is 5.31. The minimum absolute atomic E-state index is 0.459. The normalized spacial score (nSPS) is 12.7. The number of hydrogen-bond acceptors (Lipinski definition) is 2. The third kappa shape index (κ3) is 4.65. The topological polar surface area (TPSA) is 29.5 Å². The van der Waals surface area contributed by atoms with Crippen molar-refractivity contribution in [3.8, 4) is 0 Å². The van der Waals surface area contributed by atoms with Gasteiger partial charge in [-0.05, 0) is 24.1 Å². The zero-order valence-corrected chi connectivity index (χ0v) is 9.70. The fraction of sp³-hybridized carbons (Fsp3) is 0.500. The molecule has 0 aromatic heterocycles. The zero-order valence-electron chi connectivity index (χ0n) is 8.95. The van der Waals surface area contributed by atoms with Crippen molar-refractivity contribution in [2.24, 2.45) is 0 Å². The Morgan fingerprint density at radius 1 is 1.27 bits per heavy atom. The van der Waals surface area contributed by atoms with Gasteiger partial charge in [0.05, 0.1) is 6.10 Å². The van der Waals surface area contributed by atoms with Crippen LogP contribution in [0.3, 0.4) is 0 Å². The Balaban J connectivity index is 2.33. The third-order valence-electron chi connectivity index (χ3n) is 2.14. The first-order valence-corrected chi connectivity index (χ1v) is 5.63. The standard InChI is InChI=1S/C12H17ClO2/c1-2-8-15-9-7-12(14)10-3-5-11(13)6-4-10/h3-6,12,14H,2,7-9H2,1H3. The summed E-state index contributed by atoms with van der Waals surface area (Å²) in [5, 5.41) is 10.5. The maximum absolute atomic E-state index is 9.79. The van der Waals surface area contributed by atoms with Crippen molar-refractivity contribution in [3.63, 3.8) is 0 Å². The molecular weight excluding hydrogens is 212 g/mol. The number of ether oxygens (including phenoxy) is 1. The molecule has 1 unspecified atom stereocenters. The molecule has 0 aliphatic rings. The molecule has 0 radical (unpaired) electrons. The molecule has 2 nitrogen and oxygen atoms in total. The Bertz CT molecular complexity index is 271. The molecule has 0 bridgehead atoms. The van der Waals surface area contributed by atoms with E-state index in [-0.39, 0.29) is 0 Å². The second kappa shape index (κ2) is 6.83. The Hall–Kier alpha value is -0.570. The van der Waals surface area contributed by atoms with Crippen LogP contribution in [0.2, 0.25) is 5.02 Å².